The second kappa shape index (κ2) is 9.90. The third-order valence-electron chi connectivity index (χ3n) is 5.59. The van der Waals surface area contributed by atoms with Crippen LogP contribution in [0.1, 0.15) is 10.4 Å². The number of nitrogens with zero attached hydrogens (tertiary/aromatic N) is 2. The third kappa shape index (κ3) is 4.97. The fourth-order valence-corrected chi connectivity index (χ4v) is 3.75. The minimum absolute atomic E-state index is 0.117. The maximum Gasteiger partial charge on any atom is 0.310 e. The first-order valence-corrected chi connectivity index (χ1v) is 10.9. The zero-order chi connectivity index (χ0) is 25.1. The summed E-state index contributed by atoms with van der Waals surface area (Å²) in [5.74, 6) is 0.941. The summed E-state index contributed by atoms with van der Waals surface area (Å²) in [7, 11) is 6.86. The summed E-state index contributed by atoms with van der Waals surface area (Å²) in [6.45, 7) is 1.20. The number of fused-ring (bicyclic) bond motifs is 2. The standard InChI is InChI=1S/C25H26N4O6/c1-28(2)9-10-35-24-14-19-20(13-23(24)34-4)27-25(30)17-7-5-15(11-18(17)26-19)16-6-8-21(29(31)32)22(12-16)33-3/h5-8,11-14,26H,9-10H2,1-4H3,(H,27,30). The molecule has 0 fully saturated rings. The molecule has 0 bridgehead atoms. The second-order valence-electron chi connectivity index (χ2n) is 8.18. The molecule has 1 aliphatic heterocycles. The van der Waals surface area contributed by atoms with Crippen molar-refractivity contribution in [3.8, 4) is 28.4 Å². The lowest BCUT2D eigenvalue weighted by molar-refractivity contribution is -0.385. The second-order valence-corrected chi connectivity index (χ2v) is 8.18. The Hall–Kier alpha value is -4.31. The minimum Gasteiger partial charge on any atom is -0.493 e. The molecule has 3 aromatic carbocycles. The zero-order valence-electron chi connectivity index (χ0n) is 19.9. The van der Waals surface area contributed by atoms with Crippen LogP contribution in [0, 0.1) is 10.1 Å². The number of rotatable bonds is 8. The van der Waals surface area contributed by atoms with Crippen LogP contribution in [0.2, 0.25) is 0 Å². The summed E-state index contributed by atoms with van der Waals surface area (Å²) in [4.78, 5) is 25.7. The molecular weight excluding hydrogens is 452 g/mol. The van der Waals surface area contributed by atoms with Crippen molar-refractivity contribution in [1.82, 2.24) is 4.90 Å². The van der Waals surface area contributed by atoms with E-state index in [-0.39, 0.29) is 17.3 Å². The van der Waals surface area contributed by atoms with Gasteiger partial charge in [0.2, 0.25) is 0 Å². The maximum atomic E-state index is 12.9. The van der Waals surface area contributed by atoms with Crippen LogP contribution in [0.25, 0.3) is 11.1 Å². The molecule has 0 saturated heterocycles. The van der Waals surface area contributed by atoms with Crippen LogP contribution in [0.4, 0.5) is 22.7 Å². The van der Waals surface area contributed by atoms with Crippen LogP contribution in [0.3, 0.4) is 0 Å². The Morgan fingerprint density at radius 1 is 0.857 bits per heavy atom. The van der Waals surface area contributed by atoms with E-state index in [2.05, 4.69) is 10.6 Å². The Kier molecular flexibility index (Phi) is 6.74. The monoisotopic (exact) mass is 478 g/mol. The highest BCUT2D eigenvalue weighted by Crippen LogP contribution is 2.41. The molecule has 2 N–H and O–H groups in total. The molecule has 3 aromatic rings. The molecule has 182 valence electrons. The van der Waals surface area contributed by atoms with Gasteiger partial charge in [-0.2, -0.15) is 0 Å². The Morgan fingerprint density at radius 3 is 2.20 bits per heavy atom. The van der Waals surface area contributed by atoms with E-state index in [0.717, 1.165) is 12.1 Å². The lowest BCUT2D eigenvalue weighted by Crippen LogP contribution is -2.19. The third-order valence-corrected chi connectivity index (χ3v) is 5.59. The maximum absolute atomic E-state index is 12.9. The normalized spacial score (nSPS) is 12.1. The van der Waals surface area contributed by atoms with Crippen molar-refractivity contribution in [2.45, 2.75) is 0 Å². The molecule has 0 saturated carbocycles. The topological polar surface area (TPSA) is 115 Å². The van der Waals surface area contributed by atoms with E-state index in [4.69, 9.17) is 14.2 Å². The molecule has 1 aliphatic rings. The Bertz CT molecular complexity index is 1290. The number of likely N-dealkylation sites (N-methyl/N-ethyl adjacent to an activating group) is 1. The number of methoxy groups -OCH3 is 2. The first-order valence-electron chi connectivity index (χ1n) is 10.9. The molecule has 0 aromatic heterocycles. The molecule has 10 heteroatoms. The summed E-state index contributed by atoms with van der Waals surface area (Å²) >= 11 is 0. The number of amides is 1. The number of hydrogen-bond donors (Lipinski definition) is 2. The van der Waals surface area contributed by atoms with Gasteiger partial charge in [0.25, 0.3) is 5.91 Å². The van der Waals surface area contributed by atoms with E-state index in [1.807, 2.05) is 25.1 Å². The van der Waals surface area contributed by atoms with Crippen molar-refractivity contribution in [3.05, 3.63) is 64.2 Å². The molecule has 0 radical (unpaired) electrons. The fourth-order valence-electron chi connectivity index (χ4n) is 3.75. The highest BCUT2D eigenvalue weighted by atomic mass is 16.6. The van der Waals surface area contributed by atoms with Crippen LogP contribution in [-0.4, -0.2) is 57.2 Å². The van der Waals surface area contributed by atoms with E-state index in [1.54, 1.807) is 43.5 Å². The lowest BCUT2D eigenvalue weighted by atomic mass is 10.0. The largest absolute Gasteiger partial charge is 0.493 e. The first-order chi connectivity index (χ1) is 16.8. The number of nitrogens with one attached hydrogen (secondary N) is 2. The van der Waals surface area contributed by atoms with E-state index in [0.29, 0.717) is 46.3 Å². The van der Waals surface area contributed by atoms with Crippen molar-refractivity contribution < 1.29 is 23.9 Å². The van der Waals surface area contributed by atoms with Gasteiger partial charge in [-0.3, -0.25) is 14.9 Å². The van der Waals surface area contributed by atoms with Crippen LogP contribution >= 0.6 is 0 Å². The van der Waals surface area contributed by atoms with Crippen molar-refractivity contribution in [2.75, 3.05) is 52.1 Å². The smallest absolute Gasteiger partial charge is 0.310 e. The Balaban J connectivity index is 1.71. The summed E-state index contributed by atoms with van der Waals surface area (Å²) in [5, 5.41) is 17.5. The van der Waals surface area contributed by atoms with Gasteiger partial charge in [-0.1, -0.05) is 6.07 Å². The summed E-state index contributed by atoms with van der Waals surface area (Å²) < 4.78 is 16.6. The number of nitro benzene ring substituents is 1. The molecule has 1 heterocycles. The Morgan fingerprint density at radius 2 is 1.51 bits per heavy atom. The van der Waals surface area contributed by atoms with E-state index in [1.165, 1.54) is 13.2 Å². The van der Waals surface area contributed by atoms with Gasteiger partial charge < -0.3 is 29.7 Å². The van der Waals surface area contributed by atoms with Crippen LogP contribution in [-0.2, 0) is 0 Å². The first kappa shape index (κ1) is 23.8. The van der Waals surface area contributed by atoms with Crippen LogP contribution < -0.4 is 24.8 Å². The van der Waals surface area contributed by atoms with Crippen LogP contribution in [0.15, 0.2) is 48.5 Å². The summed E-state index contributed by atoms with van der Waals surface area (Å²) in [6.07, 6.45) is 0. The van der Waals surface area contributed by atoms with E-state index >= 15 is 0 Å². The average Bonchev–Trinajstić information content (AvgIpc) is 2.97. The predicted molar refractivity (Wildman–Crippen MR) is 133 cm³/mol. The van der Waals surface area contributed by atoms with Crippen molar-refractivity contribution in [1.29, 1.82) is 0 Å². The van der Waals surface area contributed by atoms with E-state index < -0.39 is 4.92 Å². The van der Waals surface area contributed by atoms with Gasteiger partial charge in [-0.05, 0) is 49.5 Å². The number of nitro groups is 1. The molecule has 0 spiro atoms. The molecular formula is C25H26N4O6. The van der Waals surface area contributed by atoms with Gasteiger partial charge in [-0.15, -0.1) is 0 Å². The molecule has 0 atom stereocenters. The number of carbonyl (C=O) groups is 1. The predicted octanol–water partition coefficient (Wildman–Crippen LogP) is 4.53. The van der Waals surface area contributed by atoms with Gasteiger partial charge in [0, 0.05) is 24.7 Å². The highest BCUT2D eigenvalue weighted by Gasteiger charge is 2.23. The van der Waals surface area contributed by atoms with Gasteiger partial charge in [0.1, 0.15) is 6.61 Å². The van der Waals surface area contributed by atoms with Crippen molar-refractivity contribution in [3.63, 3.8) is 0 Å². The minimum atomic E-state index is -0.491. The van der Waals surface area contributed by atoms with Crippen molar-refractivity contribution in [2.24, 2.45) is 0 Å². The van der Waals surface area contributed by atoms with Crippen LogP contribution in [0.5, 0.6) is 17.2 Å². The van der Waals surface area contributed by atoms with Gasteiger partial charge >= 0.3 is 5.69 Å². The highest BCUT2D eigenvalue weighted by molar-refractivity contribution is 6.12. The number of ether oxygens (including phenoxy) is 3. The number of anilines is 3. The summed E-state index contributed by atoms with van der Waals surface area (Å²) in [5.41, 5.74) is 3.60. The van der Waals surface area contributed by atoms with E-state index in [9.17, 15) is 14.9 Å². The van der Waals surface area contributed by atoms with Gasteiger partial charge in [0.15, 0.2) is 17.2 Å². The van der Waals surface area contributed by atoms with Gasteiger partial charge in [0.05, 0.1) is 41.8 Å². The number of hydrogen-bond acceptors (Lipinski definition) is 8. The number of carbonyl (C=O) groups excluding carboxylic acids is 1. The fraction of sp³-hybridized carbons (Fsp3) is 0.240. The Labute approximate surface area is 202 Å². The average molecular weight is 479 g/mol. The SMILES string of the molecule is COc1cc2c(cc1OCCN(C)C)Nc1cc(-c3ccc([N+](=O)[O-])c(OC)c3)ccc1C(=O)N2. The molecule has 10 nitrogen and oxygen atoms in total. The van der Waals surface area contributed by atoms with Crippen molar-refractivity contribution >= 4 is 28.7 Å². The van der Waals surface area contributed by atoms with Gasteiger partial charge in [-0.25, -0.2) is 0 Å². The quantitative estimate of drug-likeness (QED) is 0.358. The lowest BCUT2D eigenvalue weighted by Gasteiger charge is -2.17. The molecule has 0 aliphatic carbocycles. The molecule has 35 heavy (non-hydrogen) atoms. The molecule has 0 unspecified atom stereocenters. The molecule has 4 rings (SSSR count). The zero-order valence-corrected chi connectivity index (χ0v) is 19.9. The number of benzene rings is 3. The molecule has 1 amide bonds. The summed E-state index contributed by atoms with van der Waals surface area (Å²) in [6, 6.07) is 13.5.